The van der Waals surface area contributed by atoms with Crippen molar-refractivity contribution >= 4 is 35.1 Å². The smallest absolute Gasteiger partial charge is 0.303 e. The first-order valence-electron chi connectivity index (χ1n) is 5.27. The van der Waals surface area contributed by atoms with E-state index in [1.807, 2.05) is 12.1 Å². The Morgan fingerprint density at radius 2 is 1.22 bits per heavy atom. The van der Waals surface area contributed by atoms with E-state index in [1.54, 1.807) is 12.1 Å². The van der Waals surface area contributed by atoms with Gasteiger partial charge in [-0.25, -0.2) is 0 Å². The van der Waals surface area contributed by atoms with Gasteiger partial charge in [-0.15, -0.1) is 0 Å². The van der Waals surface area contributed by atoms with Crippen LogP contribution in [0.3, 0.4) is 0 Å². The molecule has 0 aliphatic carbocycles. The maximum absolute atomic E-state index is 9.90. The van der Waals surface area contributed by atoms with Crippen LogP contribution in [0.2, 0.25) is 10.0 Å². The third-order valence-corrected chi connectivity index (χ3v) is 2.61. The van der Waals surface area contributed by atoms with Crippen molar-refractivity contribution in [3.63, 3.8) is 0 Å². The van der Waals surface area contributed by atoms with Gasteiger partial charge in [0.25, 0.3) is 0 Å². The lowest BCUT2D eigenvalue weighted by Gasteiger charge is -1.92. The molecule has 0 aliphatic heterocycles. The van der Waals surface area contributed by atoms with E-state index in [4.69, 9.17) is 33.4 Å². The van der Waals surface area contributed by atoms with Gasteiger partial charge in [-0.1, -0.05) is 35.3 Å². The van der Waals surface area contributed by atoms with E-state index in [-0.39, 0.29) is 12.8 Å². The molecule has 1 rings (SSSR count). The van der Waals surface area contributed by atoms with Crippen molar-refractivity contribution in [2.24, 2.45) is 0 Å². The van der Waals surface area contributed by atoms with Crippen molar-refractivity contribution in [2.75, 3.05) is 0 Å². The number of aliphatic carboxylic acids is 2. The average molecular weight is 293 g/mol. The summed E-state index contributed by atoms with van der Waals surface area (Å²) in [6.45, 7) is 0. The number of unbranched alkanes of at least 4 members (excludes halogenated alkanes) is 1. The number of carboxylic acids is 2. The van der Waals surface area contributed by atoms with Gasteiger partial charge in [0, 0.05) is 12.8 Å². The quantitative estimate of drug-likeness (QED) is 0.811. The number of carbonyl (C=O) groups is 2. The van der Waals surface area contributed by atoms with Gasteiger partial charge in [0.15, 0.2) is 0 Å². The molecule has 1 aromatic rings. The van der Waals surface area contributed by atoms with Gasteiger partial charge < -0.3 is 10.2 Å². The van der Waals surface area contributed by atoms with Crippen LogP contribution >= 0.6 is 23.2 Å². The van der Waals surface area contributed by atoms with E-state index in [9.17, 15) is 9.59 Å². The molecule has 0 unspecified atom stereocenters. The molecule has 0 atom stereocenters. The summed E-state index contributed by atoms with van der Waals surface area (Å²) in [5, 5.41) is 17.5. The lowest BCUT2D eigenvalue weighted by Crippen LogP contribution is -1.97. The number of benzene rings is 1. The molecule has 0 saturated carbocycles. The molecular formula is C12H14Cl2O4. The zero-order chi connectivity index (χ0) is 14.0. The molecule has 0 saturated heterocycles. The van der Waals surface area contributed by atoms with Crippen molar-refractivity contribution in [3.8, 4) is 0 Å². The third-order valence-electron chi connectivity index (χ3n) is 1.86. The van der Waals surface area contributed by atoms with Gasteiger partial charge in [0.1, 0.15) is 0 Å². The molecule has 18 heavy (non-hydrogen) atoms. The summed E-state index contributed by atoms with van der Waals surface area (Å²) in [7, 11) is 0. The van der Waals surface area contributed by atoms with Gasteiger partial charge in [0.2, 0.25) is 0 Å². The number of rotatable bonds is 5. The van der Waals surface area contributed by atoms with Crippen LogP contribution in [0.1, 0.15) is 25.7 Å². The summed E-state index contributed by atoms with van der Waals surface area (Å²) in [5.41, 5.74) is 0. The lowest BCUT2D eigenvalue weighted by atomic mass is 10.2. The first-order valence-corrected chi connectivity index (χ1v) is 6.02. The van der Waals surface area contributed by atoms with Crippen LogP contribution in [-0.4, -0.2) is 22.2 Å². The van der Waals surface area contributed by atoms with Crippen molar-refractivity contribution in [1.82, 2.24) is 0 Å². The van der Waals surface area contributed by atoms with Crippen LogP contribution in [0.25, 0.3) is 0 Å². The fourth-order valence-electron chi connectivity index (χ4n) is 0.992. The fraction of sp³-hybridized carbons (Fsp3) is 0.333. The second-order valence-corrected chi connectivity index (χ2v) is 4.22. The number of halogens is 2. The molecule has 0 bridgehead atoms. The van der Waals surface area contributed by atoms with Gasteiger partial charge in [-0.2, -0.15) is 0 Å². The van der Waals surface area contributed by atoms with Gasteiger partial charge in [-0.3, -0.25) is 9.59 Å². The van der Waals surface area contributed by atoms with Gasteiger partial charge in [0.05, 0.1) is 10.0 Å². The Labute approximate surface area is 115 Å². The Morgan fingerprint density at radius 1 is 0.889 bits per heavy atom. The van der Waals surface area contributed by atoms with Crippen molar-refractivity contribution in [1.29, 1.82) is 0 Å². The zero-order valence-electron chi connectivity index (χ0n) is 9.60. The summed E-state index contributed by atoms with van der Waals surface area (Å²) in [6, 6.07) is 7.19. The molecular weight excluding hydrogens is 279 g/mol. The van der Waals surface area contributed by atoms with E-state index in [1.165, 1.54) is 0 Å². The molecule has 6 heteroatoms. The molecule has 2 N–H and O–H groups in total. The number of hydrogen-bond acceptors (Lipinski definition) is 2. The fourth-order valence-corrected chi connectivity index (χ4v) is 1.26. The first kappa shape index (κ1) is 16.7. The van der Waals surface area contributed by atoms with Gasteiger partial charge >= 0.3 is 11.9 Å². The Hall–Kier alpha value is -1.26. The predicted octanol–water partition coefficient (Wildman–Crippen LogP) is 3.71. The highest BCUT2D eigenvalue weighted by molar-refractivity contribution is 6.41. The number of carboxylic acid groups (broad SMARTS) is 2. The van der Waals surface area contributed by atoms with Crippen LogP contribution in [0.4, 0.5) is 0 Å². The maximum Gasteiger partial charge on any atom is 0.303 e. The molecule has 0 aromatic heterocycles. The average Bonchev–Trinajstić information content (AvgIpc) is 2.29. The summed E-state index contributed by atoms with van der Waals surface area (Å²) < 4.78 is 0. The van der Waals surface area contributed by atoms with E-state index in [0.717, 1.165) is 0 Å². The Balaban J connectivity index is 0.000000327. The predicted molar refractivity (Wildman–Crippen MR) is 70.2 cm³/mol. The van der Waals surface area contributed by atoms with E-state index in [0.29, 0.717) is 22.9 Å². The molecule has 0 heterocycles. The minimum atomic E-state index is -0.870. The lowest BCUT2D eigenvalue weighted by molar-refractivity contribution is -0.139. The van der Waals surface area contributed by atoms with Gasteiger partial charge in [-0.05, 0) is 25.0 Å². The highest BCUT2D eigenvalue weighted by Crippen LogP contribution is 2.19. The molecule has 100 valence electrons. The van der Waals surface area contributed by atoms with Crippen LogP contribution in [-0.2, 0) is 9.59 Å². The van der Waals surface area contributed by atoms with Crippen molar-refractivity contribution < 1.29 is 19.8 Å². The largest absolute Gasteiger partial charge is 0.481 e. The van der Waals surface area contributed by atoms with E-state index in [2.05, 4.69) is 0 Å². The summed E-state index contributed by atoms with van der Waals surface area (Å²) >= 11 is 11.2. The minimum absolute atomic E-state index is 0.0628. The Bertz CT molecular complexity index is 356. The van der Waals surface area contributed by atoms with Crippen LogP contribution in [0.15, 0.2) is 24.3 Å². The second-order valence-electron chi connectivity index (χ2n) is 3.41. The normalized spacial score (nSPS) is 9.22. The Morgan fingerprint density at radius 3 is 1.44 bits per heavy atom. The molecule has 0 aliphatic rings. The summed E-state index contributed by atoms with van der Waals surface area (Å²) in [4.78, 5) is 19.8. The Kier molecular flexibility index (Phi) is 9.06. The SMILES string of the molecule is Clc1ccccc1Cl.O=C(O)CCCCC(=O)O. The second kappa shape index (κ2) is 9.74. The number of hydrogen-bond donors (Lipinski definition) is 2. The maximum atomic E-state index is 9.90. The van der Waals surface area contributed by atoms with E-state index >= 15 is 0 Å². The van der Waals surface area contributed by atoms with Crippen LogP contribution < -0.4 is 0 Å². The molecule has 0 radical (unpaired) electrons. The molecule has 1 aromatic carbocycles. The topological polar surface area (TPSA) is 74.6 Å². The van der Waals surface area contributed by atoms with Crippen LogP contribution in [0, 0.1) is 0 Å². The highest BCUT2D eigenvalue weighted by Gasteiger charge is 1.99. The van der Waals surface area contributed by atoms with E-state index < -0.39 is 11.9 Å². The minimum Gasteiger partial charge on any atom is -0.481 e. The van der Waals surface area contributed by atoms with Crippen molar-refractivity contribution in [2.45, 2.75) is 25.7 Å². The molecule has 0 amide bonds. The molecule has 0 fully saturated rings. The summed E-state index contributed by atoms with van der Waals surface area (Å²) in [5.74, 6) is -1.74. The van der Waals surface area contributed by atoms with Crippen LogP contribution in [0.5, 0.6) is 0 Å². The summed E-state index contributed by atoms with van der Waals surface area (Å²) in [6.07, 6.45) is 1.02. The third kappa shape index (κ3) is 9.93. The molecule has 0 spiro atoms. The molecule has 4 nitrogen and oxygen atoms in total. The highest BCUT2D eigenvalue weighted by atomic mass is 35.5. The zero-order valence-corrected chi connectivity index (χ0v) is 11.1. The first-order chi connectivity index (χ1) is 8.43. The standard InChI is InChI=1S/C6H4Cl2.C6H10O4/c7-5-3-1-2-4-6(5)8;7-5(8)3-1-2-4-6(9)10/h1-4H;1-4H2,(H,7,8)(H,9,10). The monoisotopic (exact) mass is 292 g/mol. The van der Waals surface area contributed by atoms with Crippen molar-refractivity contribution in [3.05, 3.63) is 34.3 Å².